The van der Waals surface area contributed by atoms with E-state index >= 15 is 0 Å². The van der Waals surface area contributed by atoms with E-state index in [1.807, 2.05) is 4.90 Å². The van der Waals surface area contributed by atoms with Crippen molar-refractivity contribution in [3.63, 3.8) is 0 Å². The van der Waals surface area contributed by atoms with E-state index in [0.717, 1.165) is 5.17 Å². The fourth-order valence-electron chi connectivity index (χ4n) is 2.87. The summed E-state index contributed by atoms with van der Waals surface area (Å²) in [5.74, 6) is 0.195. The molecule has 3 rings (SSSR count). The second kappa shape index (κ2) is 6.45. The van der Waals surface area contributed by atoms with E-state index in [-0.39, 0.29) is 29.4 Å². The number of aliphatic imine (C=N–C) groups is 1. The van der Waals surface area contributed by atoms with Crippen molar-refractivity contribution in [2.24, 2.45) is 4.99 Å². The molecule has 0 radical (unpaired) electrons. The molecule has 0 amide bonds. The molecule has 0 N–H and O–H groups in total. The van der Waals surface area contributed by atoms with E-state index in [9.17, 15) is 12.8 Å². The zero-order valence-corrected chi connectivity index (χ0v) is 14.7. The Bertz CT molecular complexity index is 746. The normalized spacial score (nSPS) is 25.3. The minimum atomic E-state index is -3.03. The summed E-state index contributed by atoms with van der Waals surface area (Å²) in [5, 5.41) is 1.11. The fourth-order valence-corrected chi connectivity index (χ4v) is 6.21. The van der Waals surface area contributed by atoms with Gasteiger partial charge in [0.1, 0.15) is 5.82 Å². The Morgan fingerprint density at radius 1 is 1.48 bits per heavy atom. The van der Waals surface area contributed by atoms with Crippen molar-refractivity contribution < 1.29 is 12.8 Å². The smallest absolute Gasteiger partial charge is 0.160 e. The zero-order chi connectivity index (χ0) is 16.6. The van der Waals surface area contributed by atoms with E-state index in [1.165, 1.54) is 17.8 Å². The predicted octanol–water partition coefficient (Wildman–Crippen LogP) is 2.74. The number of halogens is 2. The third-order valence-electron chi connectivity index (χ3n) is 3.95. The highest BCUT2D eigenvalue weighted by atomic mass is 35.5. The first kappa shape index (κ1) is 16.8. The summed E-state index contributed by atoms with van der Waals surface area (Å²) in [6.45, 7) is 4.24. The number of benzene rings is 1. The van der Waals surface area contributed by atoms with Crippen molar-refractivity contribution in [1.82, 2.24) is 4.90 Å². The SMILES string of the molecule is C=CCN1C(SCc2c(F)cccc2Cl)=N[C@H]2CS(=O)(=O)C[C@H]21. The second-order valence-electron chi connectivity index (χ2n) is 5.55. The molecule has 0 spiro atoms. The minimum absolute atomic E-state index is 0.0792. The minimum Gasteiger partial charge on any atom is -0.342 e. The van der Waals surface area contributed by atoms with Gasteiger partial charge in [0.05, 0.1) is 23.6 Å². The van der Waals surface area contributed by atoms with Gasteiger partial charge in [-0.3, -0.25) is 4.99 Å². The Labute approximate surface area is 144 Å². The molecule has 8 heteroatoms. The topological polar surface area (TPSA) is 49.7 Å². The molecule has 4 nitrogen and oxygen atoms in total. The third kappa shape index (κ3) is 3.41. The maximum atomic E-state index is 13.9. The van der Waals surface area contributed by atoms with Gasteiger partial charge in [-0.25, -0.2) is 12.8 Å². The average Bonchev–Trinajstić information content (AvgIpc) is 2.92. The van der Waals surface area contributed by atoms with Crippen molar-refractivity contribution >= 4 is 38.4 Å². The van der Waals surface area contributed by atoms with E-state index < -0.39 is 9.84 Å². The van der Waals surface area contributed by atoms with Crippen molar-refractivity contribution in [3.05, 3.63) is 47.3 Å². The predicted molar refractivity (Wildman–Crippen MR) is 93.3 cm³/mol. The van der Waals surface area contributed by atoms with E-state index in [2.05, 4.69) is 11.6 Å². The van der Waals surface area contributed by atoms with Crippen LogP contribution in [-0.2, 0) is 15.6 Å². The molecular weight excluding hydrogens is 359 g/mol. The highest BCUT2D eigenvalue weighted by molar-refractivity contribution is 8.13. The monoisotopic (exact) mass is 374 g/mol. The molecule has 0 saturated carbocycles. The molecule has 1 fully saturated rings. The molecule has 1 saturated heterocycles. The summed E-state index contributed by atoms with van der Waals surface area (Å²) in [4.78, 5) is 6.48. The first-order chi connectivity index (χ1) is 10.9. The Hall–Kier alpha value is -1.05. The number of amidine groups is 1. The molecule has 0 unspecified atom stereocenters. The van der Waals surface area contributed by atoms with Crippen LogP contribution in [0.3, 0.4) is 0 Å². The zero-order valence-electron chi connectivity index (χ0n) is 12.3. The lowest BCUT2D eigenvalue weighted by Gasteiger charge is -2.24. The van der Waals surface area contributed by atoms with Gasteiger partial charge in [-0.05, 0) is 12.1 Å². The third-order valence-corrected chi connectivity index (χ3v) is 7.03. The van der Waals surface area contributed by atoms with Crippen LogP contribution in [0, 0.1) is 5.82 Å². The van der Waals surface area contributed by atoms with Crippen LogP contribution in [0.2, 0.25) is 5.02 Å². The molecule has 0 aliphatic carbocycles. The molecule has 2 aliphatic heterocycles. The molecule has 0 bridgehead atoms. The second-order valence-corrected chi connectivity index (χ2v) is 9.06. The van der Waals surface area contributed by atoms with Gasteiger partial charge >= 0.3 is 0 Å². The Balaban J connectivity index is 1.78. The lowest BCUT2D eigenvalue weighted by atomic mass is 10.2. The summed E-state index contributed by atoms with van der Waals surface area (Å²) in [5.41, 5.74) is 0.435. The van der Waals surface area contributed by atoms with Gasteiger partial charge in [0.2, 0.25) is 0 Å². The molecule has 1 aromatic carbocycles. The van der Waals surface area contributed by atoms with Crippen LogP contribution in [-0.4, -0.2) is 48.6 Å². The maximum absolute atomic E-state index is 13.9. The molecule has 2 aliphatic rings. The van der Waals surface area contributed by atoms with Crippen molar-refractivity contribution in [2.45, 2.75) is 17.8 Å². The van der Waals surface area contributed by atoms with Gasteiger partial charge in [0.15, 0.2) is 15.0 Å². The number of fused-ring (bicyclic) bond motifs is 1. The summed E-state index contributed by atoms with van der Waals surface area (Å²) in [6.07, 6.45) is 1.72. The van der Waals surface area contributed by atoms with Crippen LogP contribution in [0.15, 0.2) is 35.8 Å². The van der Waals surface area contributed by atoms with Crippen LogP contribution in [0.25, 0.3) is 0 Å². The first-order valence-corrected chi connectivity index (χ1v) is 10.3. The average molecular weight is 375 g/mol. The van der Waals surface area contributed by atoms with Crippen LogP contribution in [0.4, 0.5) is 4.39 Å². The highest BCUT2D eigenvalue weighted by Gasteiger charge is 2.46. The quantitative estimate of drug-likeness (QED) is 0.760. The summed E-state index contributed by atoms with van der Waals surface area (Å²) in [6, 6.07) is 4.22. The van der Waals surface area contributed by atoms with Crippen LogP contribution >= 0.6 is 23.4 Å². The molecule has 2 atom stereocenters. The van der Waals surface area contributed by atoms with E-state index in [1.54, 1.807) is 18.2 Å². The maximum Gasteiger partial charge on any atom is 0.160 e. The van der Waals surface area contributed by atoms with Gasteiger partial charge in [-0.15, -0.1) is 6.58 Å². The molecule has 0 aromatic heterocycles. The fraction of sp³-hybridized carbons (Fsp3) is 0.400. The number of thioether (sulfide) groups is 1. The number of sulfone groups is 1. The van der Waals surface area contributed by atoms with Crippen molar-refractivity contribution in [2.75, 3.05) is 18.1 Å². The largest absolute Gasteiger partial charge is 0.342 e. The van der Waals surface area contributed by atoms with Gasteiger partial charge in [-0.2, -0.15) is 0 Å². The highest BCUT2D eigenvalue weighted by Crippen LogP contribution is 2.33. The van der Waals surface area contributed by atoms with E-state index in [0.29, 0.717) is 22.9 Å². The molecule has 124 valence electrons. The molecular formula is C15H16ClFN2O2S2. The van der Waals surface area contributed by atoms with Crippen LogP contribution < -0.4 is 0 Å². The summed E-state index contributed by atoms with van der Waals surface area (Å²) < 4.78 is 37.4. The van der Waals surface area contributed by atoms with Gasteiger partial charge in [0, 0.05) is 22.9 Å². The molecule has 23 heavy (non-hydrogen) atoms. The number of nitrogens with zero attached hydrogens (tertiary/aromatic N) is 2. The van der Waals surface area contributed by atoms with Gasteiger partial charge in [-0.1, -0.05) is 35.5 Å². The summed E-state index contributed by atoms with van der Waals surface area (Å²) in [7, 11) is -3.03. The summed E-state index contributed by atoms with van der Waals surface area (Å²) >= 11 is 7.42. The van der Waals surface area contributed by atoms with E-state index in [4.69, 9.17) is 11.6 Å². The van der Waals surface area contributed by atoms with Crippen LogP contribution in [0.5, 0.6) is 0 Å². The van der Waals surface area contributed by atoms with Crippen LogP contribution in [0.1, 0.15) is 5.56 Å². The number of hydrogen-bond donors (Lipinski definition) is 0. The Morgan fingerprint density at radius 2 is 2.26 bits per heavy atom. The lowest BCUT2D eigenvalue weighted by Crippen LogP contribution is -2.39. The molecule has 2 heterocycles. The Morgan fingerprint density at radius 3 is 2.96 bits per heavy atom. The number of hydrogen-bond acceptors (Lipinski definition) is 5. The lowest BCUT2D eigenvalue weighted by molar-refractivity contribution is 0.379. The van der Waals surface area contributed by atoms with Gasteiger partial charge in [0.25, 0.3) is 0 Å². The van der Waals surface area contributed by atoms with Crippen molar-refractivity contribution in [1.29, 1.82) is 0 Å². The van der Waals surface area contributed by atoms with Crippen molar-refractivity contribution in [3.8, 4) is 0 Å². The number of rotatable bonds is 4. The standard InChI is InChI=1S/C15H16ClFN2O2S2/c1-2-6-19-14-9-23(20,21)8-13(14)18-15(19)22-7-10-11(16)4-3-5-12(10)17/h2-5,13-14H,1,6-9H2/t13-,14+/m0/s1. The Kier molecular flexibility index (Phi) is 4.71. The molecule has 1 aromatic rings. The van der Waals surface area contributed by atoms with Gasteiger partial charge < -0.3 is 4.90 Å². The first-order valence-electron chi connectivity index (χ1n) is 7.13.